The van der Waals surface area contributed by atoms with E-state index < -0.39 is 0 Å². The van der Waals surface area contributed by atoms with Crippen LogP contribution in [0.5, 0.6) is 5.75 Å². The first-order chi connectivity index (χ1) is 13.6. The van der Waals surface area contributed by atoms with E-state index in [4.69, 9.17) is 4.74 Å². The van der Waals surface area contributed by atoms with Crippen LogP contribution in [0.3, 0.4) is 0 Å². The number of carbonyl (C=O) groups is 2. The van der Waals surface area contributed by atoms with Crippen LogP contribution in [0.25, 0.3) is 0 Å². The second-order valence-corrected chi connectivity index (χ2v) is 7.09. The number of aromatic nitrogens is 1. The second kappa shape index (κ2) is 9.84. The molecule has 3 rings (SSSR count). The average molecular weight is 487 g/mol. The molecule has 0 spiro atoms. The van der Waals surface area contributed by atoms with E-state index in [2.05, 4.69) is 38.2 Å². The fourth-order valence-electron chi connectivity index (χ4n) is 2.42. The molecule has 142 valence electrons. The Morgan fingerprint density at radius 3 is 2.46 bits per heavy atom. The van der Waals surface area contributed by atoms with Crippen LogP contribution in [-0.4, -0.2) is 23.4 Å². The molecule has 1 heterocycles. The summed E-state index contributed by atoms with van der Waals surface area (Å²) in [6.45, 7) is 0.109. The molecule has 2 N–H and O–H groups in total. The molecule has 0 atom stereocenters. The van der Waals surface area contributed by atoms with E-state index in [-0.39, 0.29) is 18.4 Å². The Morgan fingerprint density at radius 2 is 1.71 bits per heavy atom. The molecule has 3 aromatic rings. The highest BCUT2D eigenvalue weighted by Gasteiger charge is 2.13. The lowest BCUT2D eigenvalue weighted by atomic mass is 10.2. The lowest BCUT2D eigenvalue weighted by Gasteiger charge is -2.12. The van der Waals surface area contributed by atoms with E-state index >= 15 is 0 Å². The zero-order chi connectivity index (χ0) is 19.8. The molecule has 6 nitrogen and oxygen atoms in total. The number of hydrogen-bond acceptors (Lipinski definition) is 4. The molecule has 28 heavy (non-hydrogen) atoms. The SMILES string of the molecule is O=C(COc1ccccc1C(=O)NCc1ccccn1)Nc1ccc(I)cc1. The summed E-state index contributed by atoms with van der Waals surface area (Å²) in [6, 6.07) is 19.8. The molecule has 7 heteroatoms. The van der Waals surface area contributed by atoms with Gasteiger partial charge < -0.3 is 15.4 Å². The van der Waals surface area contributed by atoms with Gasteiger partial charge in [0.15, 0.2) is 6.61 Å². The molecule has 2 aromatic carbocycles. The van der Waals surface area contributed by atoms with E-state index in [0.717, 1.165) is 9.26 Å². The van der Waals surface area contributed by atoms with Gasteiger partial charge in [-0.1, -0.05) is 18.2 Å². The smallest absolute Gasteiger partial charge is 0.262 e. The first kappa shape index (κ1) is 19.8. The number of amides is 2. The summed E-state index contributed by atoms with van der Waals surface area (Å²) in [4.78, 5) is 28.8. The number of hydrogen-bond donors (Lipinski definition) is 2. The lowest BCUT2D eigenvalue weighted by Crippen LogP contribution is -2.25. The minimum atomic E-state index is -0.301. The molecule has 0 radical (unpaired) electrons. The minimum absolute atomic E-state index is 0.198. The van der Waals surface area contributed by atoms with Gasteiger partial charge >= 0.3 is 0 Å². The number of benzene rings is 2. The Bertz CT molecular complexity index is 947. The fourth-order valence-corrected chi connectivity index (χ4v) is 2.78. The zero-order valence-electron chi connectivity index (χ0n) is 14.9. The number of pyridine rings is 1. The quantitative estimate of drug-likeness (QED) is 0.499. The zero-order valence-corrected chi connectivity index (χ0v) is 17.0. The van der Waals surface area contributed by atoms with Crippen molar-refractivity contribution in [2.45, 2.75) is 6.54 Å². The van der Waals surface area contributed by atoms with Crippen LogP contribution in [0.4, 0.5) is 5.69 Å². The van der Waals surface area contributed by atoms with E-state index in [9.17, 15) is 9.59 Å². The van der Waals surface area contributed by atoms with Crippen LogP contribution < -0.4 is 15.4 Å². The van der Waals surface area contributed by atoms with Gasteiger partial charge in [0.1, 0.15) is 5.75 Å². The predicted molar refractivity (Wildman–Crippen MR) is 115 cm³/mol. The third kappa shape index (κ3) is 5.78. The molecule has 1 aromatic heterocycles. The molecule has 0 aliphatic rings. The highest BCUT2D eigenvalue weighted by atomic mass is 127. The number of carbonyl (C=O) groups excluding carboxylic acids is 2. The van der Waals surface area contributed by atoms with Crippen LogP contribution in [-0.2, 0) is 11.3 Å². The van der Waals surface area contributed by atoms with Gasteiger partial charge in [0.05, 0.1) is 17.8 Å². The van der Waals surface area contributed by atoms with Gasteiger partial charge in [-0.15, -0.1) is 0 Å². The molecule has 0 bridgehead atoms. The van der Waals surface area contributed by atoms with Crippen molar-refractivity contribution in [3.8, 4) is 5.75 Å². The number of halogens is 1. The number of rotatable bonds is 7. The molecule has 0 unspecified atom stereocenters. The van der Waals surface area contributed by atoms with Crippen molar-refractivity contribution in [3.63, 3.8) is 0 Å². The van der Waals surface area contributed by atoms with Crippen LogP contribution >= 0.6 is 22.6 Å². The van der Waals surface area contributed by atoms with Crippen molar-refractivity contribution in [2.24, 2.45) is 0 Å². The van der Waals surface area contributed by atoms with E-state index in [1.807, 2.05) is 42.5 Å². The molecule has 0 fully saturated rings. The van der Waals surface area contributed by atoms with Crippen molar-refractivity contribution in [3.05, 3.63) is 87.8 Å². The van der Waals surface area contributed by atoms with E-state index in [0.29, 0.717) is 23.5 Å². The number of anilines is 1. The Morgan fingerprint density at radius 1 is 0.964 bits per heavy atom. The summed E-state index contributed by atoms with van der Waals surface area (Å²) >= 11 is 2.20. The van der Waals surface area contributed by atoms with Crippen LogP contribution in [0, 0.1) is 3.57 Å². The van der Waals surface area contributed by atoms with Gasteiger partial charge in [0.25, 0.3) is 11.8 Å². The molecular weight excluding hydrogens is 469 g/mol. The van der Waals surface area contributed by atoms with Gasteiger partial charge in [-0.05, 0) is 71.1 Å². The highest BCUT2D eigenvalue weighted by molar-refractivity contribution is 14.1. The van der Waals surface area contributed by atoms with Crippen molar-refractivity contribution in [1.82, 2.24) is 10.3 Å². The Kier molecular flexibility index (Phi) is 6.96. The largest absolute Gasteiger partial charge is 0.483 e. The van der Waals surface area contributed by atoms with Crippen molar-refractivity contribution in [2.75, 3.05) is 11.9 Å². The number of para-hydroxylation sites is 1. The van der Waals surface area contributed by atoms with E-state index in [1.54, 1.807) is 30.5 Å². The number of nitrogens with zero attached hydrogens (tertiary/aromatic N) is 1. The monoisotopic (exact) mass is 487 g/mol. The van der Waals surface area contributed by atoms with Crippen molar-refractivity contribution in [1.29, 1.82) is 0 Å². The first-order valence-electron chi connectivity index (χ1n) is 8.57. The second-order valence-electron chi connectivity index (χ2n) is 5.84. The summed E-state index contributed by atoms with van der Waals surface area (Å²) in [5, 5.41) is 5.56. The maximum Gasteiger partial charge on any atom is 0.262 e. The third-order valence-electron chi connectivity index (χ3n) is 3.77. The number of nitrogens with one attached hydrogen (secondary N) is 2. The summed E-state index contributed by atoms with van der Waals surface area (Å²) in [5.74, 6) is -0.247. The normalized spacial score (nSPS) is 10.2. The Balaban J connectivity index is 1.57. The van der Waals surface area contributed by atoms with Gasteiger partial charge in [-0.3, -0.25) is 14.6 Å². The lowest BCUT2D eigenvalue weighted by molar-refractivity contribution is -0.118. The van der Waals surface area contributed by atoms with Crippen LogP contribution in [0.15, 0.2) is 72.9 Å². The molecule has 0 aliphatic heterocycles. The van der Waals surface area contributed by atoms with Crippen molar-refractivity contribution >= 4 is 40.1 Å². The predicted octanol–water partition coefficient (Wildman–Crippen LogP) is 3.63. The Hall–Kier alpha value is -2.94. The topological polar surface area (TPSA) is 80.3 Å². The summed E-state index contributed by atoms with van der Waals surface area (Å²) < 4.78 is 6.66. The summed E-state index contributed by atoms with van der Waals surface area (Å²) in [6.07, 6.45) is 1.67. The van der Waals surface area contributed by atoms with Gasteiger partial charge in [0, 0.05) is 15.5 Å². The maximum absolute atomic E-state index is 12.5. The molecule has 2 amide bonds. The molecular formula is C21H18IN3O3. The minimum Gasteiger partial charge on any atom is -0.483 e. The average Bonchev–Trinajstić information content (AvgIpc) is 2.73. The molecule has 0 saturated carbocycles. The van der Waals surface area contributed by atoms with Gasteiger partial charge in [-0.25, -0.2) is 0 Å². The third-order valence-corrected chi connectivity index (χ3v) is 4.49. The van der Waals surface area contributed by atoms with Crippen LogP contribution in [0.2, 0.25) is 0 Å². The number of ether oxygens (including phenoxy) is 1. The van der Waals surface area contributed by atoms with E-state index in [1.165, 1.54) is 0 Å². The Labute approximate surface area is 176 Å². The molecule has 0 aliphatic carbocycles. The van der Waals surface area contributed by atoms with Crippen molar-refractivity contribution < 1.29 is 14.3 Å². The van der Waals surface area contributed by atoms with Crippen LogP contribution in [0.1, 0.15) is 16.1 Å². The summed E-state index contributed by atoms with van der Waals surface area (Å²) in [7, 11) is 0. The molecule has 0 saturated heterocycles. The first-order valence-corrected chi connectivity index (χ1v) is 9.65. The highest BCUT2D eigenvalue weighted by Crippen LogP contribution is 2.18. The fraction of sp³-hybridized carbons (Fsp3) is 0.0952. The standard InChI is InChI=1S/C21H18IN3O3/c22-15-8-10-16(11-9-15)25-20(26)14-28-19-7-2-1-6-18(19)21(27)24-13-17-5-3-4-12-23-17/h1-12H,13-14H2,(H,24,27)(H,25,26). The van der Waals surface area contributed by atoms with Gasteiger partial charge in [0.2, 0.25) is 0 Å². The maximum atomic E-state index is 12.5. The van der Waals surface area contributed by atoms with Gasteiger partial charge in [-0.2, -0.15) is 0 Å². The summed E-state index contributed by atoms with van der Waals surface area (Å²) in [5.41, 5.74) is 1.81.